The minimum absolute atomic E-state index is 0.0902. The number of aliphatic hydroxyl groups is 5. The summed E-state index contributed by atoms with van der Waals surface area (Å²) >= 11 is 0. The van der Waals surface area contributed by atoms with Gasteiger partial charge in [-0.3, -0.25) is 0 Å². The third kappa shape index (κ3) is 2.59. The Bertz CT molecular complexity index is 988. The van der Waals surface area contributed by atoms with Crippen LogP contribution in [0.25, 0.3) is 0 Å². The second kappa shape index (κ2) is 7.19. The second-order valence-electron chi connectivity index (χ2n) is 10.2. The van der Waals surface area contributed by atoms with E-state index in [1.165, 1.54) is 0 Å². The van der Waals surface area contributed by atoms with Crippen LogP contribution < -0.4 is 0 Å². The molecule has 7 fully saturated rings. The first-order chi connectivity index (χ1) is 16.1. The van der Waals surface area contributed by atoms with Crippen molar-refractivity contribution >= 4 is 5.97 Å². The molecule has 4 aliphatic heterocycles. The molecule has 5 unspecified atom stereocenters. The topological polar surface area (TPSA) is 164 Å². The maximum atomic E-state index is 12.7. The minimum atomic E-state index is -1.61. The van der Waals surface area contributed by atoms with Crippen molar-refractivity contribution in [2.24, 2.45) is 11.3 Å². The van der Waals surface area contributed by atoms with Gasteiger partial charge in [-0.2, -0.15) is 0 Å². The van der Waals surface area contributed by atoms with Crippen molar-refractivity contribution in [2.75, 3.05) is 13.2 Å². The fourth-order valence-electron chi connectivity index (χ4n) is 6.87. The molecule has 7 aliphatic rings. The smallest absolute Gasteiger partial charge is 0.338 e. The Morgan fingerprint density at radius 1 is 1.12 bits per heavy atom. The summed E-state index contributed by atoms with van der Waals surface area (Å²) in [7, 11) is 0. The summed E-state index contributed by atoms with van der Waals surface area (Å²) in [5, 5.41) is 51.7. The molecular weight excluding hydrogens is 452 g/mol. The summed E-state index contributed by atoms with van der Waals surface area (Å²) in [5.41, 5.74) is -2.99. The van der Waals surface area contributed by atoms with Crippen molar-refractivity contribution in [3.8, 4) is 0 Å². The van der Waals surface area contributed by atoms with E-state index in [1.807, 2.05) is 0 Å². The first-order valence-electron chi connectivity index (χ1n) is 11.4. The third-order valence-electron chi connectivity index (χ3n) is 8.57. The molecule has 6 bridgehead atoms. The summed E-state index contributed by atoms with van der Waals surface area (Å²) in [5.74, 6) is -2.49. The monoisotopic (exact) mass is 480 g/mol. The lowest BCUT2D eigenvalue weighted by atomic mass is 9.41. The van der Waals surface area contributed by atoms with Crippen LogP contribution in [-0.4, -0.2) is 98.7 Å². The first-order valence-corrected chi connectivity index (χ1v) is 11.4. The highest BCUT2D eigenvalue weighted by molar-refractivity contribution is 5.89. The largest absolute Gasteiger partial charge is 0.461 e. The molecule has 0 aromatic heterocycles. The molecule has 4 saturated heterocycles. The lowest BCUT2D eigenvalue weighted by Crippen LogP contribution is -2.80. The number of rotatable bonds is 6. The molecule has 1 aromatic rings. The quantitative estimate of drug-likeness (QED) is 0.306. The maximum Gasteiger partial charge on any atom is 0.338 e. The zero-order valence-electron chi connectivity index (χ0n) is 18.4. The van der Waals surface area contributed by atoms with Gasteiger partial charge in [0.2, 0.25) is 0 Å². The van der Waals surface area contributed by atoms with Crippen LogP contribution in [0.3, 0.4) is 0 Å². The molecule has 11 nitrogen and oxygen atoms in total. The van der Waals surface area contributed by atoms with Crippen LogP contribution in [0.15, 0.2) is 30.3 Å². The van der Waals surface area contributed by atoms with Gasteiger partial charge in [-0.25, -0.2) is 4.79 Å². The fourth-order valence-corrected chi connectivity index (χ4v) is 6.87. The van der Waals surface area contributed by atoms with E-state index in [9.17, 15) is 30.3 Å². The first kappa shape index (κ1) is 22.8. The van der Waals surface area contributed by atoms with Gasteiger partial charge in [-0.1, -0.05) is 18.2 Å². The Hall–Kier alpha value is -1.67. The summed E-state index contributed by atoms with van der Waals surface area (Å²) in [4.78, 5) is 12.7. The summed E-state index contributed by atoms with van der Waals surface area (Å²) in [6, 6.07) is 8.47. The van der Waals surface area contributed by atoms with Crippen LogP contribution in [-0.2, 0) is 23.7 Å². The Labute approximate surface area is 194 Å². The van der Waals surface area contributed by atoms with Crippen LogP contribution in [0.4, 0.5) is 0 Å². The number of aliphatic hydroxyl groups excluding tert-OH is 4. The molecule has 34 heavy (non-hydrogen) atoms. The summed E-state index contributed by atoms with van der Waals surface area (Å²) in [6.07, 6.45) is -7.87. The molecule has 3 aliphatic carbocycles. The molecule has 186 valence electrons. The van der Waals surface area contributed by atoms with E-state index in [4.69, 9.17) is 23.7 Å². The Morgan fingerprint density at radius 2 is 1.85 bits per heavy atom. The molecule has 8 rings (SSSR count). The van der Waals surface area contributed by atoms with Gasteiger partial charge in [0.25, 0.3) is 0 Å². The maximum absolute atomic E-state index is 12.7. The van der Waals surface area contributed by atoms with Gasteiger partial charge in [-0.05, 0) is 25.5 Å². The Morgan fingerprint density at radius 3 is 2.56 bits per heavy atom. The average molecular weight is 480 g/mol. The molecule has 0 amide bonds. The van der Waals surface area contributed by atoms with E-state index in [2.05, 4.69) is 0 Å². The van der Waals surface area contributed by atoms with E-state index in [0.717, 1.165) is 0 Å². The van der Waals surface area contributed by atoms with Gasteiger partial charge >= 0.3 is 5.97 Å². The molecule has 5 N–H and O–H groups in total. The fraction of sp³-hybridized carbons (Fsp3) is 0.696. The SMILES string of the molecule is CC12CC3(O)OC(O1)C1(COC(=O)c4ccccc4)[C@@H]3CC21O[C@@H]1O[C@H](CO)[C@@H](O)[C@H](O)[C@H]1O. The van der Waals surface area contributed by atoms with Gasteiger partial charge < -0.3 is 49.2 Å². The zero-order chi connectivity index (χ0) is 24.1. The summed E-state index contributed by atoms with van der Waals surface area (Å²) in [6.45, 7) is 0.985. The molecule has 4 heterocycles. The molecule has 3 saturated carbocycles. The number of hydrogen-bond donors (Lipinski definition) is 5. The molecular formula is C23H28O11. The highest BCUT2D eigenvalue weighted by Gasteiger charge is 2.94. The predicted molar refractivity (Wildman–Crippen MR) is 109 cm³/mol. The predicted octanol–water partition coefficient (Wildman–Crippen LogP) is -1.36. The van der Waals surface area contributed by atoms with Crippen molar-refractivity contribution in [1.29, 1.82) is 0 Å². The lowest BCUT2D eigenvalue weighted by molar-refractivity contribution is -0.424. The highest BCUT2D eigenvalue weighted by atomic mass is 16.8. The van der Waals surface area contributed by atoms with E-state index in [-0.39, 0.29) is 19.4 Å². The molecule has 11 heteroatoms. The Kier molecular flexibility index (Phi) is 4.81. The number of carbonyl (C=O) groups excluding carboxylic acids is 1. The van der Waals surface area contributed by atoms with Crippen molar-refractivity contribution in [3.05, 3.63) is 35.9 Å². The van der Waals surface area contributed by atoms with Crippen molar-refractivity contribution < 1.29 is 54.0 Å². The minimum Gasteiger partial charge on any atom is -0.461 e. The normalized spacial score (nSPS) is 52.5. The number of hydrogen-bond acceptors (Lipinski definition) is 11. The van der Waals surface area contributed by atoms with Gasteiger partial charge in [-0.15, -0.1) is 0 Å². The van der Waals surface area contributed by atoms with Crippen LogP contribution in [0.1, 0.15) is 30.1 Å². The number of benzene rings is 1. The standard InChI is InChI=1S/C23H28O11/c1-20-9-22(29)13-7-23(20,32-18-16(27)15(26)14(25)12(8-24)31-18)21(13,19(33-20)34-22)10-30-17(28)11-5-3-2-4-6-11/h2-6,12-16,18-19,24-27,29H,7-10H2,1H3/t12-,13+,14-,15+,16-,18+,19?,20?,21?,22?,23?/m1/s1. The van der Waals surface area contributed by atoms with Gasteiger partial charge in [0, 0.05) is 12.3 Å². The van der Waals surface area contributed by atoms with E-state index < -0.39 is 77.9 Å². The molecule has 1 aromatic carbocycles. The second-order valence-corrected chi connectivity index (χ2v) is 10.2. The zero-order valence-corrected chi connectivity index (χ0v) is 18.4. The lowest BCUT2D eigenvalue weighted by Gasteiger charge is -2.67. The van der Waals surface area contributed by atoms with Gasteiger partial charge in [0.1, 0.15) is 42.2 Å². The van der Waals surface area contributed by atoms with Gasteiger partial charge in [0.15, 0.2) is 18.4 Å². The van der Waals surface area contributed by atoms with E-state index >= 15 is 0 Å². The molecule has 11 atom stereocenters. The van der Waals surface area contributed by atoms with Gasteiger partial charge in [0.05, 0.1) is 17.6 Å². The molecule has 0 spiro atoms. The van der Waals surface area contributed by atoms with Crippen LogP contribution in [0.2, 0.25) is 0 Å². The van der Waals surface area contributed by atoms with E-state index in [0.29, 0.717) is 5.56 Å². The number of esters is 1. The highest BCUT2D eigenvalue weighted by Crippen LogP contribution is 2.81. The average Bonchev–Trinajstić information content (AvgIpc) is 3.00. The van der Waals surface area contributed by atoms with Crippen molar-refractivity contribution in [3.63, 3.8) is 0 Å². The number of ether oxygens (including phenoxy) is 5. The molecule has 0 radical (unpaired) electrons. The van der Waals surface area contributed by atoms with E-state index in [1.54, 1.807) is 37.3 Å². The van der Waals surface area contributed by atoms with Crippen LogP contribution >= 0.6 is 0 Å². The third-order valence-corrected chi connectivity index (χ3v) is 8.57. The van der Waals surface area contributed by atoms with Crippen molar-refractivity contribution in [1.82, 2.24) is 0 Å². The van der Waals surface area contributed by atoms with Crippen LogP contribution in [0, 0.1) is 11.3 Å². The Balaban J connectivity index is 1.32. The number of carbonyl (C=O) groups is 1. The van der Waals surface area contributed by atoms with Crippen LogP contribution in [0.5, 0.6) is 0 Å². The summed E-state index contributed by atoms with van der Waals surface area (Å²) < 4.78 is 29.7. The van der Waals surface area contributed by atoms with Crippen molar-refractivity contribution in [2.45, 2.75) is 73.8 Å².